The number of hydrogen-bond acceptors (Lipinski definition) is 3. The summed E-state index contributed by atoms with van der Waals surface area (Å²) in [5, 5.41) is 0. The summed E-state index contributed by atoms with van der Waals surface area (Å²) in [5.41, 5.74) is 5.95. The second kappa shape index (κ2) is 7.59. The second-order valence-electron chi connectivity index (χ2n) is 4.97. The highest BCUT2D eigenvalue weighted by atomic mass is 16.3. The Hall–Kier alpha value is -0.800. The fraction of sp³-hybridized carbons (Fsp3) is 0.733. The summed E-state index contributed by atoms with van der Waals surface area (Å²) in [7, 11) is 0. The minimum atomic E-state index is 0.212. The van der Waals surface area contributed by atoms with E-state index in [9.17, 15) is 0 Å². The second-order valence-corrected chi connectivity index (χ2v) is 4.97. The van der Waals surface area contributed by atoms with Gasteiger partial charge in [0.25, 0.3) is 0 Å². The van der Waals surface area contributed by atoms with Crippen molar-refractivity contribution < 1.29 is 4.42 Å². The first-order valence-corrected chi connectivity index (χ1v) is 7.16. The van der Waals surface area contributed by atoms with E-state index < -0.39 is 0 Å². The molecule has 0 spiro atoms. The van der Waals surface area contributed by atoms with Crippen molar-refractivity contribution in [2.24, 2.45) is 11.7 Å². The Morgan fingerprint density at radius 3 is 2.28 bits per heavy atom. The van der Waals surface area contributed by atoms with E-state index in [1.165, 1.54) is 12.8 Å². The SMILES string of the molecule is CCC(CC)CN(CC)C(CN)c1ccc(C)o1. The van der Waals surface area contributed by atoms with E-state index in [2.05, 4.69) is 31.7 Å². The van der Waals surface area contributed by atoms with Gasteiger partial charge in [-0.25, -0.2) is 0 Å². The third-order valence-electron chi connectivity index (χ3n) is 3.81. The number of hydrogen-bond donors (Lipinski definition) is 1. The number of nitrogens with zero attached hydrogens (tertiary/aromatic N) is 1. The van der Waals surface area contributed by atoms with Gasteiger partial charge >= 0.3 is 0 Å². The topological polar surface area (TPSA) is 42.4 Å². The maximum absolute atomic E-state index is 5.95. The van der Waals surface area contributed by atoms with Crippen LogP contribution in [0.25, 0.3) is 0 Å². The van der Waals surface area contributed by atoms with Gasteiger partial charge in [0.15, 0.2) is 0 Å². The minimum Gasteiger partial charge on any atom is -0.465 e. The van der Waals surface area contributed by atoms with E-state index in [4.69, 9.17) is 10.2 Å². The van der Waals surface area contributed by atoms with E-state index in [-0.39, 0.29) is 6.04 Å². The molecule has 0 aliphatic heterocycles. The quantitative estimate of drug-likeness (QED) is 0.771. The zero-order valence-electron chi connectivity index (χ0n) is 12.3. The van der Waals surface area contributed by atoms with Crippen LogP contribution in [0.1, 0.15) is 51.2 Å². The molecule has 1 unspecified atom stereocenters. The number of rotatable bonds is 8. The maximum Gasteiger partial charge on any atom is 0.122 e. The molecule has 18 heavy (non-hydrogen) atoms. The molecule has 1 rings (SSSR count). The van der Waals surface area contributed by atoms with E-state index in [0.717, 1.165) is 30.5 Å². The smallest absolute Gasteiger partial charge is 0.122 e. The molecule has 1 aromatic heterocycles. The van der Waals surface area contributed by atoms with Crippen molar-refractivity contribution in [3.05, 3.63) is 23.7 Å². The highest BCUT2D eigenvalue weighted by molar-refractivity contribution is 5.10. The van der Waals surface area contributed by atoms with Crippen LogP contribution in [-0.2, 0) is 0 Å². The summed E-state index contributed by atoms with van der Waals surface area (Å²) in [6.45, 7) is 11.4. The Bertz CT molecular complexity index is 331. The van der Waals surface area contributed by atoms with E-state index in [1.54, 1.807) is 0 Å². The van der Waals surface area contributed by atoms with Gasteiger partial charge < -0.3 is 10.2 Å². The lowest BCUT2D eigenvalue weighted by atomic mass is 10.0. The van der Waals surface area contributed by atoms with Gasteiger partial charge in [-0.2, -0.15) is 0 Å². The molecule has 1 heterocycles. The van der Waals surface area contributed by atoms with Gasteiger partial charge in [0.05, 0.1) is 6.04 Å². The van der Waals surface area contributed by atoms with Crippen molar-refractivity contribution in [2.75, 3.05) is 19.6 Å². The van der Waals surface area contributed by atoms with Crippen LogP contribution in [0, 0.1) is 12.8 Å². The lowest BCUT2D eigenvalue weighted by molar-refractivity contribution is 0.155. The Labute approximate surface area is 111 Å². The first kappa shape index (κ1) is 15.3. The van der Waals surface area contributed by atoms with Crippen LogP contribution in [-0.4, -0.2) is 24.5 Å². The van der Waals surface area contributed by atoms with Crippen LogP contribution >= 0.6 is 0 Å². The molecule has 0 aliphatic rings. The van der Waals surface area contributed by atoms with Crippen LogP contribution in [0.2, 0.25) is 0 Å². The van der Waals surface area contributed by atoms with Crippen LogP contribution in [0.3, 0.4) is 0 Å². The zero-order chi connectivity index (χ0) is 13.5. The summed E-state index contributed by atoms with van der Waals surface area (Å²) < 4.78 is 5.75. The molecule has 0 radical (unpaired) electrons. The molecular formula is C15H28N2O. The first-order chi connectivity index (χ1) is 8.65. The van der Waals surface area contributed by atoms with Gasteiger partial charge in [-0.1, -0.05) is 33.6 Å². The first-order valence-electron chi connectivity index (χ1n) is 7.16. The molecular weight excluding hydrogens is 224 g/mol. The molecule has 1 aromatic rings. The van der Waals surface area contributed by atoms with E-state index in [0.29, 0.717) is 6.54 Å². The predicted octanol–water partition coefficient (Wildman–Crippen LogP) is 3.35. The standard InChI is InChI=1S/C15H28N2O/c1-5-13(6-2)11-17(7-3)14(10-16)15-9-8-12(4)18-15/h8-9,13-14H,5-7,10-11,16H2,1-4H3. The van der Waals surface area contributed by atoms with Crippen molar-refractivity contribution in [1.29, 1.82) is 0 Å². The molecule has 0 bridgehead atoms. The molecule has 0 amide bonds. The van der Waals surface area contributed by atoms with Crippen molar-refractivity contribution in [2.45, 2.75) is 46.6 Å². The average Bonchev–Trinajstić information content (AvgIpc) is 2.81. The molecule has 3 heteroatoms. The number of likely N-dealkylation sites (N-methyl/N-ethyl adjacent to an activating group) is 1. The normalized spacial score (nSPS) is 13.5. The molecule has 0 saturated heterocycles. The summed E-state index contributed by atoms with van der Waals surface area (Å²) in [6.07, 6.45) is 2.45. The van der Waals surface area contributed by atoms with Gasteiger partial charge in [0.1, 0.15) is 11.5 Å². The van der Waals surface area contributed by atoms with Crippen molar-refractivity contribution in [3.63, 3.8) is 0 Å². The molecule has 2 N–H and O–H groups in total. The molecule has 1 atom stereocenters. The highest BCUT2D eigenvalue weighted by Gasteiger charge is 2.22. The zero-order valence-corrected chi connectivity index (χ0v) is 12.3. The van der Waals surface area contributed by atoms with Crippen molar-refractivity contribution in [3.8, 4) is 0 Å². The van der Waals surface area contributed by atoms with Gasteiger partial charge in [0.2, 0.25) is 0 Å². The Kier molecular flexibility index (Phi) is 6.44. The third-order valence-corrected chi connectivity index (χ3v) is 3.81. The van der Waals surface area contributed by atoms with Crippen LogP contribution in [0.5, 0.6) is 0 Å². The van der Waals surface area contributed by atoms with Gasteiger partial charge in [-0.15, -0.1) is 0 Å². The number of furan rings is 1. The predicted molar refractivity (Wildman–Crippen MR) is 76.6 cm³/mol. The van der Waals surface area contributed by atoms with Crippen molar-refractivity contribution >= 4 is 0 Å². The molecule has 0 fully saturated rings. The fourth-order valence-electron chi connectivity index (χ4n) is 2.43. The lowest BCUT2D eigenvalue weighted by Crippen LogP contribution is -2.36. The van der Waals surface area contributed by atoms with Gasteiger partial charge in [0, 0.05) is 13.1 Å². The van der Waals surface area contributed by atoms with E-state index in [1.807, 2.05) is 13.0 Å². The number of aryl methyl sites for hydroxylation is 1. The monoisotopic (exact) mass is 252 g/mol. The van der Waals surface area contributed by atoms with Crippen LogP contribution < -0.4 is 5.73 Å². The van der Waals surface area contributed by atoms with E-state index >= 15 is 0 Å². The highest BCUT2D eigenvalue weighted by Crippen LogP contribution is 2.24. The summed E-state index contributed by atoms with van der Waals surface area (Å²) in [6, 6.07) is 4.29. The molecule has 0 aliphatic carbocycles. The van der Waals surface area contributed by atoms with Crippen LogP contribution in [0.15, 0.2) is 16.5 Å². The molecule has 0 saturated carbocycles. The molecule has 104 valence electrons. The number of nitrogens with two attached hydrogens (primary N) is 1. The third kappa shape index (κ3) is 3.85. The molecule has 0 aromatic carbocycles. The largest absolute Gasteiger partial charge is 0.465 e. The van der Waals surface area contributed by atoms with Gasteiger partial charge in [-0.3, -0.25) is 4.90 Å². The maximum atomic E-state index is 5.95. The molecule has 3 nitrogen and oxygen atoms in total. The Morgan fingerprint density at radius 1 is 1.22 bits per heavy atom. The van der Waals surface area contributed by atoms with Crippen molar-refractivity contribution in [1.82, 2.24) is 4.90 Å². The van der Waals surface area contributed by atoms with Crippen LogP contribution in [0.4, 0.5) is 0 Å². The average molecular weight is 252 g/mol. The van der Waals surface area contributed by atoms with Gasteiger partial charge in [-0.05, 0) is 31.5 Å². The minimum absolute atomic E-state index is 0.212. The lowest BCUT2D eigenvalue weighted by Gasteiger charge is -2.31. The summed E-state index contributed by atoms with van der Waals surface area (Å²) in [5.74, 6) is 2.71. The summed E-state index contributed by atoms with van der Waals surface area (Å²) >= 11 is 0. The Balaban J connectivity index is 2.77. The Morgan fingerprint density at radius 2 is 1.89 bits per heavy atom. The summed E-state index contributed by atoms with van der Waals surface area (Å²) in [4.78, 5) is 2.44. The fourth-order valence-corrected chi connectivity index (χ4v) is 2.43.